The molecule has 0 saturated heterocycles. The minimum absolute atomic E-state index is 0.161. The summed E-state index contributed by atoms with van der Waals surface area (Å²) in [5.74, 6) is 0. The highest BCUT2D eigenvalue weighted by Crippen LogP contribution is 2.45. The summed E-state index contributed by atoms with van der Waals surface area (Å²) in [5, 5.41) is 0.161. The average molecular weight is 346 g/mol. The van der Waals surface area contributed by atoms with Gasteiger partial charge in [-0.1, -0.05) is 84.0 Å². The molecule has 0 radical (unpaired) electrons. The van der Waals surface area contributed by atoms with Crippen molar-refractivity contribution in [2.75, 3.05) is 0 Å². The van der Waals surface area contributed by atoms with E-state index in [2.05, 4.69) is 20.8 Å². The van der Waals surface area contributed by atoms with Crippen molar-refractivity contribution in [3.63, 3.8) is 0 Å². The molecule has 0 amide bonds. The maximum Gasteiger partial charge on any atom is 0.357 e. The highest BCUT2D eigenvalue weighted by Gasteiger charge is 2.35. The van der Waals surface area contributed by atoms with Crippen LogP contribution in [0.2, 0.25) is 0 Å². The Morgan fingerprint density at radius 2 is 1.33 bits per heavy atom. The SMILES string of the molecule is CC(C)(C)c1ccc(-c2ccccc2)c(P(=O)(O)O)c1C(C)(C)C. The number of benzene rings is 2. The van der Waals surface area contributed by atoms with Crippen LogP contribution in [-0.2, 0) is 15.4 Å². The fraction of sp³-hybridized carbons (Fsp3) is 0.400. The molecular formula is C20H27O3P. The van der Waals surface area contributed by atoms with Gasteiger partial charge in [-0.2, -0.15) is 0 Å². The van der Waals surface area contributed by atoms with E-state index in [1.807, 2.05) is 63.2 Å². The summed E-state index contributed by atoms with van der Waals surface area (Å²) in [6.45, 7) is 12.2. The molecule has 3 nitrogen and oxygen atoms in total. The van der Waals surface area contributed by atoms with Crippen LogP contribution in [0.3, 0.4) is 0 Å². The second-order valence-corrected chi connectivity index (χ2v) is 9.83. The Kier molecular flexibility index (Phi) is 4.85. The molecule has 2 aromatic carbocycles. The molecule has 0 aromatic heterocycles. The molecule has 0 fully saturated rings. The molecule has 2 aromatic rings. The van der Waals surface area contributed by atoms with Gasteiger partial charge >= 0.3 is 7.60 Å². The number of hydrogen-bond acceptors (Lipinski definition) is 1. The van der Waals surface area contributed by atoms with Crippen molar-refractivity contribution >= 4 is 12.9 Å². The average Bonchev–Trinajstić information content (AvgIpc) is 2.44. The zero-order chi connectivity index (χ0) is 18.3. The van der Waals surface area contributed by atoms with Crippen LogP contribution in [0.15, 0.2) is 42.5 Å². The third-order valence-electron chi connectivity index (χ3n) is 4.11. The van der Waals surface area contributed by atoms with Gasteiger partial charge in [0.15, 0.2) is 0 Å². The molecule has 0 bridgehead atoms. The van der Waals surface area contributed by atoms with Gasteiger partial charge in [-0.05, 0) is 33.1 Å². The zero-order valence-electron chi connectivity index (χ0n) is 15.3. The summed E-state index contributed by atoms with van der Waals surface area (Å²) in [6, 6.07) is 13.3. The lowest BCUT2D eigenvalue weighted by Gasteiger charge is -2.33. The second-order valence-electron chi connectivity index (χ2n) is 8.29. The van der Waals surface area contributed by atoms with Gasteiger partial charge in [0.25, 0.3) is 0 Å². The molecule has 2 N–H and O–H groups in total. The fourth-order valence-electron chi connectivity index (χ4n) is 3.13. The van der Waals surface area contributed by atoms with Crippen LogP contribution >= 0.6 is 7.60 Å². The van der Waals surface area contributed by atoms with Gasteiger partial charge in [0, 0.05) is 0 Å². The molecule has 0 saturated carbocycles. The van der Waals surface area contributed by atoms with Gasteiger partial charge in [0.2, 0.25) is 0 Å². The van der Waals surface area contributed by atoms with E-state index in [1.165, 1.54) is 0 Å². The maximum atomic E-state index is 12.5. The Morgan fingerprint density at radius 1 is 0.792 bits per heavy atom. The second kappa shape index (κ2) is 6.15. The van der Waals surface area contributed by atoms with Crippen LogP contribution in [-0.4, -0.2) is 9.79 Å². The van der Waals surface area contributed by atoms with E-state index in [9.17, 15) is 14.4 Å². The Labute approximate surface area is 144 Å². The van der Waals surface area contributed by atoms with Crippen molar-refractivity contribution in [3.8, 4) is 11.1 Å². The summed E-state index contributed by atoms with van der Waals surface area (Å²) in [4.78, 5) is 20.4. The summed E-state index contributed by atoms with van der Waals surface area (Å²) in [6.07, 6.45) is 0. The summed E-state index contributed by atoms with van der Waals surface area (Å²) < 4.78 is 12.5. The predicted molar refractivity (Wildman–Crippen MR) is 101 cm³/mol. The highest BCUT2D eigenvalue weighted by molar-refractivity contribution is 7.60. The molecule has 0 aliphatic carbocycles. The molecule has 0 spiro atoms. The highest BCUT2D eigenvalue weighted by atomic mass is 31.2. The molecule has 0 atom stereocenters. The first-order chi connectivity index (χ1) is 10.8. The van der Waals surface area contributed by atoms with Crippen molar-refractivity contribution in [2.45, 2.75) is 52.4 Å². The van der Waals surface area contributed by atoms with Crippen LogP contribution in [0.4, 0.5) is 0 Å². The quantitative estimate of drug-likeness (QED) is 0.772. The van der Waals surface area contributed by atoms with Crippen LogP contribution in [0.5, 0.6) is 0 Å². The minimum Gasteiger partial charge on any atom is -0.321 e. The van der Waals surface area contributed by atoms with E-state index in [-0.39, 0.29) is 16.1 Å². The minimum atomic E-state index is -4.45. The van der Waals surface area contributed by atoms with Crippen molar-refractivity contribution < 1.29 is 14.4 Å². The van der Waals surface area contributed by atoms with Crippen molar-refractivity contribution in [1.29, 1.82) is 0 Å². The molecule has 2 rings (SSSR count). The van der Waals surface area contributed by atoms with Gasteiger partial charge in [-0.3, -0.25) is 4.57 Å². The molecule has 0 aliphatic rings. The first-order valence-corrected chi connectivity index (χ1v) is 9.74. The lowest BCUT2D eigenvalue weighted by Crippen LogP contribution is -2.31. The van der Waals surface area contributed by atoms with E-state index in [4.69, 9.17) is 0 Å². The Morgan fingerprint density at radius 3 is 1.75 bits per heavy atom. The summed E-state index contributed by atoms with van der Waals surface area (Å²) >= 11 is 0. The largest absolute Gasteiger partial charge is 0.357 e. The van der Waals surface area contributed by atoms with Gasteiger partial charge in [0.1, 0.15) is 0 Å². The molecule has 130 valence electrons. The first-order valence-electron chi connectivity index (χ1n) is 8.13. The van der Waals surface area contributed by atoms with E-state index >= 15 is 0 Å². The fourth-order valence-corrected chi connectivity index (χ4v) is 4.39. The van der Waals surface area contributed by atoms with Crippen LogP contribution in [0.1, 0.15) is 52.7 Å². The predicted octanol–water partition coefficient (Wildman–Crippen LogP) is 4.75. The summed E-state index contributed by atoms with van der Waals surface area (Å²) in [7, 11) is -4.45. The smallest absolute Gasteiger partial charge is 0.321 e. The molecule has 4 heteroatoms. The number of hydrogen-bond donors (Lipinski definition) is 2. The lowest BCUT2D eigenvalue weighted by molar-refractivity contribution is 0.386. The zero-order valence-corrected chi connectivity index (χ0v) is 16.2. The van der Waals surface area contributed by atoms with Crippen LogP contribution < -0.4 is 5.30 Å². The normalized spacial score (nSPS) is 13.2. The lowest BCUT2D eigenvalue weighted by atomic mass is 9.74. The molecule has 0 heterocycles. The van der Waals surface area contributed by atoms with Crippen molar-refractivity contribution in [3.05, 3.63) is 53.6 Å². The molecular weight excluding hydrogens is 319 g/mol. The van der Waals surface area contributed by atoms with Gasteiger partial charge in [-0.15, -0.1) is 0 Å². The third-order valence-corrected chi connectivity index (χ3v) is 5.16. The van der Waals surface area contributed by atoms with Crippen LogP contribution in [0, 0.1) is 0 Å². The van der Waals surface area contributed by atoms with Gasteiger partial charge in [0.05, 0.1) is 5.30 Å². The van der Waals surface area contributed by atoms with Gasteiger partial charge < -0.3 is 9.79 Å². The Hall–Kier alpha value is -1.41. The molecule has 0 aliphatic heterocycles. The molecule has 0 unspecified atom stereocenters. The standard InChI is InChI=1S/C20H27O3P/c1-19(2,3)16-13-12-15(14-10-8-7-9-11-14)18(24(21,22)23)17(16)20(4,5)6/h7-13H,1-6H3,(H2,21,22,23). The van der Waals surface area contributed by atoms with E-state index < -0.39 is 7.60 Å². The van der Waals surface area contributed by atoms with Crippen LogP contribution in [0.25, 0.3) is 11.1 Å². The third kappa shape index (κ3) is 3.80. The van der Waals surface area contributed by atoms with Crippen molar-refractivity contribution in [1.82, 2.24) is 0 Å². The van der Waals surface area contributed by atoms with Crippen molar-refractivity contribution in [2.24, 2.45) is 0 Å². The van der Waals surface area contributed by atoms with Gasteiger partial charge in [-0.25, -0.2) is 0 Å². The topological polar surface area (TPSA) is 57.5 Å². The Balaban J connectivity index is 2.99. The molecule has 24 heavy (non-hydrogen) atoms. The van der Waals surface area contributed by atoms with E-state index in [0.717, 1.165) is 16.7 Å². The maximum absolute atomic E-state index is 12.5. The summed E-state index contributed by atoms with van der Waals surface area (Å²) in [5.41, 5.74) is 2.58. The number of rotatable bonds is 2. The first kappa shape index (κ1) is 18.9. The van der Waals surface area contributed by atoms with E-state index in [1.54, 1.807) is 0 Å². The monoisotopic (exact) mass is 346 g/mol. The van der Waals surface area contributed by atoms with E-state index in [0.29, 0.717) is 5.56 Å². The Bertz CT molecular complexity index is 775.